The van der Waals surface area contributed by atoms with Gasteiger partial charge in [0, 0.05) is 17.0 Å². The first-order valence-corrected chi connectivity index (χ1v) is 8.14. The zero-order valence-corrected chi connectivity index (χ0v) is 13.0. The van der Waals surface area contributed by atoms with Gasteiger partial charge in [-0.1, -0.05) is 25.1 Å². The number of hydrogen-bond acceptors (Lipinski definition) is 3. The molecule has 0 aliphatic carbocycles. The summed E-state index contributed by atoms with van der Waals surface area (Å²) in [6.07, 6.45) is 3.26. The van der Waals surface area contributed by atoms with E-state index in [0.29, 0.717) is 17.8 Å². The predicted molar refractivity (Wildman–Crippen MR) is 86.4 cm³/mol. The molecule has 2 rings (SSSR count). The van der Waals surface area contributed by atoms with Gasteiger partial charge < -0.3 is 10.4 Å². The SMILES string of the molecule is CCC(NC(C)CCc1ccc(O)cc1)c1cccs1. The number of aryl methyl sites for hydroxylation is 1. The Bertz CT molecular complexity index is 492. The minimum atomic E-state index is 0.337. The summed E-state index contributed by atoms with van der Waals surface area (Å²) in [5.74, 6) is 0.337. The van der Waals surface area contributed by atoms with Crippen molar-refractivity contribution in [3.05, 3.63) is 52.2 Å². The standard InChI is InChI=1S/C17H23NOS/c1-3-16(17-5-4-12-20-17)18-13(2)6-7-14-8-10-15(19)11-9-14/h4-5,8-13,16,18-19H,3,6-7H2,1-2H3. The van der Waals surface area contributed by atoms with Gasteiger partial charge in [-0.15, -0.1) is 11.3 Å². The summed E-state index contributed by atoms with van der Waals surface area (Å²) in [5.41, 5.74) is 1.28. The van der Waals surface area contributed by atoms with Crippen LogP contribution in [0.4, 0.5) is 0 Å². The summed E-state index contributed by atoms with van der Waals surface area (Å²) in [7, 11) is 0. The van der Waals surface area contributed by atoms with E-state index in [-0.39, 0.29) is 0 Å². The van der Waals surface area contributed by atoms with Crippen LogP contribution in [-0.2, 0) is 6.42 Å². The van der Waals surface area contributed by atoms with Gasteiger partial charge in [-0.2, -0.15) is 0 Å². The second kappa shape index (κ2) is 7.46. The minimum Gasteiger partial charge on any atom is -0.508 e. The lowest BCUT2D eigenvalue weighted by Gasteiger charge is -2.21. The molecule has 108 valence electrons. The molecule has 0 saturated heterocycles. The van der Waals surface area contributed by atoms with Crippen molar-refractivity contribution in [3.8, 4) is 5.75 Å². The molecule has 2 atom stereocenters. The lowest BCUT2D eigenvalue weighted by Crippen LogP contribution is -2.30. The zero-order chi connectivity index (χ0) is 14.4. The topological polar surface area (TPSA) is 32.3 Å². The summed E-state index contributed by atoms with van der Waals surface area (Å²) in [4.78, 5) is 1.42. The summed E-state index contributed by atoms with van der Waals surface area (Å²) in [6, 6.07) is 12.8. The van der Waals surface area contributed by atoms with Gasteiger partial charge in [0.15, 0.2) is 0 Å². The number of benzene rings is 1. The van der Waals surface area contributed by atoms with E-state index in [0.717, 1.165) is 19.3 Å². The van der Waals surface area contributed by atoms with Crippen LogP contribution in [0, 0.1) is 0 Å². The number of aromatic hydroxyl groups is 1. The first kappa shape index (κ1) is 15.1. The number of rotatable bonds is 7. The van der Waals surface area contributed by atoms with Gasteiger partial charge in [0.05, 0.1) is 0 Å². The van der Waals surface area contributed by atoms with Crippen LogP contribution in [0.5, 0.6) is 5.75 Å². The molecule has 0 aliphatic rings. The van der Waals surface area contributed by atoms with E-state index in [1.54, 1.807) is 12.1 Å². The molecule has 1 heterocycles. The van der Waals surface area contributed by atoms with Crippen molar-refractivity contribution >= 4 is 11.3 Å². The summed E-state index contributed by atoms with van der Waals surface area (Å²) < 4.78 is 0. The van der Waals surface area contributed by atoms with Gasteiger partial charge in [-0.25, -0.2) is 0 Å². The molecule has 2 nitrogen and oxygen atoms in total. The maximum absolute atomic E-state index is 9.28. The Morgan fingerprint density at radius 1 is 1.20 bits per heavy atom. The Labute approximate surface area is 125 Å². The van der Waals surface area contributed by atoms with E-state index in [9.17, 15) is 5.11 Å². The molecule has 0 spiro atoms. The third kappa shape index (κ3) is 4.36. The fourth-order valence-electron chi connectivity index (χ4n) is 2.36. The molecule has 2 aromatic rings. The van der Waals surface area contributed by atoms with Gasteiger partial charge in [0.25, 0.3) is 0 Å². The van der Waals surface area contributed by atoms with Crippen molar-refractivity contribution in [2.75, 3.05) is 0 Å². The van der Waals surface area contributed by atoms with Crippen molar-refractivity contribution in [3.63, 3.8) is 0 Å². The lowest BCUT2D eigenvalue weighted by atomic mass is 10.0. The Balaban J connectivity index is 1.82. The second-order valence-corrected chi connectivity index (χ2v) is 6.23. The minimum absolute atomic E-state index is 0.337. The van der Waals surface area contributed by atoms with Gasteiger partial charge in [-0.3, -0.25) is 0 Å². The van der Waals surface area contributed by atoms with Crippen LogP contribution >= 0.6 is 11.3 Å². The van der Waals surface area contributed by atoms with E-state index >= 15 is 0 Å². The molecular weight excluding hydrogens is 266 g/mol. The quantitative estimate of drug-likeness (QED) is 0.785. The average molecular weight is 289 g/mol. The molecule has 3 heteroatoms. The van der Waals surface area contributed by atoms with E-state index < -0.39 is 0 Å². The van der Waals surface area contributed by atoms with Gasteiger partial charge in [-0.05, 0) is 55.3 Å². The molecule has 20 heavy (non-hydrogen) atoms. The van der Waals surface area contributed by atoms with Crippen molar-refractivity contribution < 1.29 is 5.11 Å². The van der Waals surface area contributed by atoms with Crippen LogP contribution in [0.3, 0.4) is 0 Å². The first-order valence-electron chi connectivity index (χ1n) is 7.26. The van der Waals surface area contributed by atoms with Crippen LogP contribution in [0.2, 0.25) is 0 Å². The van der Waals surface area contributed by atoms with Gasteiger partial charge in [0.2, 0.25) is 0 Å². The molecule has 0 amide bonds. The number of hydrogen-bond donors (Lipinski definition) is 2. The Morgan fingerprint density at radius 3 is 2.55 bits per heavy atom. The molecule has 0 bridgehead atoms. The van der Waals surface area contributed by atoms with Crippen LogP contribution in [0.15, 0.2) is 41.8 Å². The van der Waals surface area contributed by atoms with Crippen molar-refractivity contribution in [2.24, 2.45) is 0 Å². The maximum Gasteiger partial charge on any atom is 0.115 e. The Morgan fingerprint density at radius 2 is 1.95 bits per heavy atom. The second-order valence-electron chi connectivity index (χ2n) is 5.25. The largest absolute Gasteiger partial charge is 0.508 e. The van der Waals surface area contributed by atoms with Gasteiger partial charge >= 0.3 is 0 Å². The van der Waals surface area contributed by atoms with E-state index in [1.807, 2.05) is 23.5 Å². The fourth-order valence-corrected chi connectivity index (χ4v) is 3.23. The molecule has 0 radical (unpaired) electrons. The smallest absolute Gasteiger partial charge is 0.115 e. The van der Waals surface area contributed by atoms with Crippen LogP contribution in [0.1, 0.15) is 43.2 Å². The van der Waals surface area contributed by atoms with Crippen molar-refractivity contribution in [1.29, 1.82) is 0 Å². The molecule has 2 unspecified atom stereocenters. The van der Waals surface area contributed by atoms with Crippen LogP contribution in [-0.4, -0.2) is 11.1 Å². The molecule has 0 aliphatic heterocycles. The van der Waals surface area contributed by atoms with E-state index in [2.05, 4.69) is 36.7 Å². The highest BCUT2D eigenvalue weighted by atomic mass is 32.1. The molecular formula is C17H23NOS. The molecule has 0 fully saturated rings. The van der Waals surface area contributed by atoms with E-state index in [1.165, 1.54) is 10.4 Å². The summed E-state index contributed by atoms with van der Waals surface area (Å²) >= 11 is 1.82. The van der Waals surface area contributed by atoms with E-state index in [4.69, 9.17) is 0 Å². The van der Waals surface area contributed by atoms with Crippen molar-refractivity contribution in [1.82, 2.24) is 5.32 Å². The average Bonchev–Trinajstić information content (AvgIpc) is 2.98. The maximum atomic E-state index is 9.28. The fraction of sp³-hybridized carbons (Fsp3) is 0.412. The van der Waals surface area contributed by atoms with Crippen molar-refractivity contribution in [2.45, 2.75) is 45.2 Å². The monoisotopic (exact) mass is 289 g/mol. The number of phenols is 1. The lowest BCUT2D eigenvalue weighted by molar-refractivity contribution is 0.431. The molecule has 1 aromatic heterocycles. The third-order valence-corrected chi connectivity index (χ3v) is 4.57. The number of nitrogens with one attached hydrogen (secondary N) is 1. The normalized spacial score (nSPS) is 14.1. The summed E-state index contributed by atoms with van der Waals surface area (Å²) in [5, 5.41) is 15.1. The number of phenolic OH excluding ortho intramolecular Hbond substituents is 1. The third-order valence-electron chi connectivity index (χ3n) is 3.58. The van der Waals surface area contributed by atoms with Crippen LogP contribution in [0.25, 0.3) is 0 Å². The Hall–Kier alpha value is -1.32. The highest BCUT2D eigenvalue weighted by Crippen LogP contribution is 2.22. The highest BCUT2D eigenvalue weighted by molar-refractivity contribution is 7.10. The zero-order valence-electron chi connectivity index (χ0n) is 12.2. The predicted octanol–water partition coefficient (Wildman–Crippen LogP) is 4.52. The molecule has 2 N–H and O–H groups in total. The molecule has 1 aromatic carbocycles. The van der Waals surface area contributed by atoms with Crippen LogP contribution < -0.4 is 5.32 Å². The summed E-state index contributed by atoms with van der Waals surface area (Å²) in [6.45, 7) is 4.47. The van der Waals surface area contributed by atoms with Gasteiger partial charge in [0.1, 0.15) is 5.75 Å². The first-order chi connectivity index (χ1) is 9.69. The number of thiophene rings is 1. The Kier molecular flexibility index (Phi) is 5.62. The molecule has 0 saturated carbocycles. The highest BCUT2D eigenvalue weighted by Gasteiger charge is 2.13.